The molecule has 2 aliphatic carbocycles. The van der Waals surface area contributed by atoms with E-state index in [1.54, 1.807) is 6.08 Å². The summed E-state index contributed by atoms with van der Waals surface area (Å²) in [6, 6.07) is 13.7. The van der Waals surface area contributed by atoms with Crippen molar-refractivity contribution in [3.05, 3.63) is 89.8 Å². The zero-order valence-electron chi connectivity index (χ0n) is 14.0. The average Bonchev–Trinajstić information content (AvgIpc) is 2.60. The lowest BCUT2D eigenvalue weighted by molar-refractivity contribution is -0.112. The Kier molecular flexibility index (Phi) is 3.57. The van der Waals surface area contributed by atoms with Gasteiger partial charge in [0.2, 0.25) is 0 Å². The lowest BCUT2D eigenvalue weighted by Gasteiger charge is -2.33. The molecule has 0 bridgehead atoms. The number of nitrogens with one attached hydrogen (secondary N) is 1. The van der Waals surface area contributed by atoms with Crippen molar-refractivity contribution >= 4 is 22.4 Å². The molecule has 124 valence electrons. The third-order valence-corrected chi connectivity index (χ3v) is 4.94. The molecule has 0 aliphatic heterocycles. The average molecular weight is 329 g/mol. The number of aliphatic hydroxyl groups is 1. The summed E-state index contributed by atoms with van der Waals surface area (Å²) in [5.74, 6) is -0.157. The minimum atomic E-state index is -0.286. The molecule has 0 aromatic heterocycles. The maximum atomic E-state index is 12.8. The number of anilines is 1. The molecule has 3 heteroatoms. The van der Waals surface area contributed by atoms with Crippen molar-refractivity contribution < 1.29 is 9.90 Å². The summed E-state index contributed by atoms with van der Waals surface area (Å²) in [5, 5.41) is 15.4. The number of amides is 1. The van der Waals surface area contributed by atoms with Gasteiger partial charge in [0.15, 0.2) is 0 Å². The molecule has 0 saturated carbocycles. The van der Waals surface area contributed by atoms with Gasteiger partial charge in [-0.2, -0.15) is 0 Å². The summed E-state index contributed by atoms with van der Waals surface area (Å²) in [7, 11) is 0. The predicted molar refractivity (Wildman–Crippen MR) is 101 cm³/mol. The van der Waals surface area contributed by atoms with Gasteiger partial charge in [-0.3, -0.25) is 4.79 Å². The van der Waals surface area contributed by atoms with Crippen LogP contribution >= 0.6 is 0 Å². The van der Waals surface area contributed by atoms with Gasteiger partial charge in [-0.1, -0.05) is 67.6 Å². The largest absolute Gasteiger partial charge is 0.511 e. The number of rotatable bonds is 2. The van der Waals surface area contributed by atoms with Crippen LogP contribution in [-0.4, -0.2) is 11.0 Å². The van der Waals surface area contributed by atoms with E-state index in [9.17, 15) is 9.90 Å². The molecule has 1 unspecified atom stereocenters. The van der Waals surface area contributed by atoms with Crippen LogP contribution in [0.2, 0.25) is 0 Å². The first-order valence-electron chi connectivity index (χ1n) is 8.36. The Morgan fingerprint density at radius 2 is 1.92 bits per heavy atom. The summed E-state index contributed by atoms with van der Waals surface area (Å²) >= 11 is 0. The molecule has 1 amide bonds. The molecular formula is C22H19NO2. The lowest BCUT2D eigenvalue weighted by Crippen LogP contribution is -2.26. The maximum Gasteiger partial charge on any atom is 0.259 e. The number of hydrogen-bond donors (Lipinski definition) is 2. The minimum Gasteiger partial charge on any atom is -0.511 e. The summed E-state index contributed by atoms with van der Waals surface area (Å²) in [5.41, 5.74) is 1.87. The van der Waals surface area contributed by atoms with Crippen molar-refractivity contribution in [1.82, 2.24) is 0 Å². The Morgan fingerprint density at radius 1 is 1.12 bits per heavy atom. The molecule has 2 aliphatic rings. The molecule has 2 N–H and O–H groups in total. The molecular weight excluding hydrogens is 310 g/mol. The van der Waals surface area contributed by atoms with E-state index in [1.807, 2.05) is 60.7 Å². The Labute approximate surface area is 146 Å². The third-order valence-electron chi connectivity index (χ3n) is 4.94. The molecule has 0 spiro atoms. The Morgan fingerprint density at radius 3 is 2.80 bits per heavy atom. The number of carbonyl (C=O) groups excluding carboxylic acids is 1. The molecule has 0 saturated heterocycles. The van der Waals surface area contributed by atoms with Crippen molar-refractivity contribution in [2.24, 2.45) is 5.41 Å². The first-order valence-corrected chi connectivity index (χ1v) is 8.36. The smallest absolute Gasteiger partial charge is 0.259 e. The van der Waals surface area contributed by atoms with Gasteiger partial charge in [0.05, 0.1) is 5.57 Å². The lowest BCUT2D eigenvalue weighted by atomic mass is 9.72. The van der Waals surface area contributed by atoms with Crippen LogP contribution in [-0.2, 0) is 4.79 Å². The van der Waals surface area contributed by atoms with Gasteiger partial charge in [0.1, 0.15) is 5.76 Å². The van der Waals surface area contributed by atoms with Crippen LogP contribution in [0.3, 0.4) is 0 Å². The highest BCUT2D eigenvalue weighted by Gasteiger charge is 2.33. The molecule has 2 aromatic carbocycles. The van der Waals surface area contributed by atoms with E-state index in [0.29, 0.717) is 12.0 Å². The highest BCUT2D eigenvalue weighted by molar-refractivity contribution is 6.10. The minimum absolute atomic E-state index is 0.129. The van der Waals surface area contributed by atoms with Crippen molar-refractivity contribution in [2.75, 3.05) is 5.32 Å². The topological polar surface area (TPSA) is 49.3 Å². The van der Waals surface area contributed by atoms with E-state index >= 15 is 0 Å². The van der Waals surface area contributed by atoms with Gasteiger partial charge in [-0.05, 0) is 23.1 Å². The van der Waals surface area contributed by atoms with E-state index in [2.05, 4.69) is 18.3 Å². The SMILES string of the molecule is CC12C=CC=CC1=CC(C(=O)Nc1cccc3ccccc13)=C(O)C2. The Bertz CT molecular complexity index is 989. The first kappa shape index (κ1) is 15.5. The number of hydrogen-bond acceptors (Lipinski definition) is 2. The normalized spacial score (nSPS) is 21.9. The first-order chi connectivity index (χ1) is 12.1. The van der Waals surface area contributed by atoms with Crippen molar-refractivity contribution in [2.45, 2.75) is 13.3 Å². The second-order valence-corrected chi connectivity index (χ2v) is 6.75. The number of benzene rings is 2. The quantitative estimate of drug-likeness (QED) is 0.810. The molecule has 25 heavy (non-hydrogen) atoms. The van der Waals surface area contributed by atoms with Gasteiger partial charge >= 0.3 is 0 Å². The highest BCUT2D eigenvalue weighted by Crippen LogP contribution is 2.42. The van der Waals surface area contributed by atoms with E-state index in [-0.39, 0.29) is 17.1 Å². The van der Waals surface area contributed by atoms with Gasteiger partial charge in [-0.25, -0.2) is 0 Å². The van der Waals surface area contributed by atoms with Crippen molar-refractivity contribution in [3.8, 4) is 0 Å². The molecule has 0 radical (unpaired) electrons. The fourth-order valence-electron chi connectivity index (χ4n) is 3.49. The monoisotopic (exact) mass is 329 g/mol. The van der Waals surface area contributed by atoms with Gasteiger partial charge in [0, 0.05) is 22.9 Å². The fraction of sp³-hybridized carbons (Fsp3) is 0.136. The molecule has 1 atom stereocenters. The second kappa shape index (κ2) is 5.78. The molecule has 0 heterocycles. The van der Waals surface area contributed by atoms with E-state index in [1.165, 1.54) is 0 Å². The summed E-state index contributed by atoms with van der Waals surface area (Å²) in [6.45, 7) is 2.06. The van der Waals surface area contributed by atoms with Crippen LogP contribution in [0.15, 0.2) is 89.8 Å². The molecule has 0 fully saturated rings. The van der Waals surface area contributed by atoms with Crippen LogP contribution in [0.5, 0.6) is 0 Å². The van der Waals surface area contributed by atoms with Gasteiger partial charge < -0.3 is 10.4 Å². The highest BCUT2D eigenvalue weighted by atomic mass is 16.3. The zero-order valence-corrected chi connectivity index (χ0v) is 14.0. The Balaban J connectivity index is 1.67. The zero-order chi connectivity index (χ0) is 17.4. The number of aliphatic hydroxyl groups excluding tert-OH is 1. The van der Waals surface area contributed by atoms with E-state index in [0.717, 1.165) is 22.0 Å². The molecule has 3 nitrogen and oxygen atoms in total. The van der Waals surface area contributed by atoms with Crippen LogP contribution < -0.4 is 5.32 Å². The van der Waals surface area contributed by atoms with E-state index in [4.69, 9.17) is 0 Å². The van der Waals surface area contributed by atoms with Crippen LogP contribution in [0, 0.1) is 5.41 Å². The van der Waals surface area contributed by atoms with E-state index < -0.39 is 0 Å². The van der Waals surface area contributed by atoms with Crippen LogP contribution in [0.25, 0.3) is 10.8 Å². The van der Waals surface area contributed by atoms with Crippen LogP contribution in [0.1, 0.15) is 13.3 Å². The number of fused-ring (bicyclic) bond motifs is 2. The summed E-state index contributed by atoms with van der Waals surface area (Å²) in [6.07, 6.45) is 10.2. The summed E-state index contributed by atoms with van der Waals surface area (Å²) in [4.78, 5) is 12.8. The number of carbonyl (C=O) groups is 1. The second-order valence-electron chi connectivity index (χ2n) is 6.75. The van der Waals surface area contributed by atoms with Crippen molar-refractivity contribution in [1.29, 1.82) is 0 Å². The fourth-order valence-corrected chi connectivity index (χ4v) is 3.49. The number of allylic oxidation sites excluding steroid dienone is 6. The van der Waals surface area contributed by atoms with Gasteiger partial charge in [-0.15, -0.1) is 0 Å². The maximum absolute atomic E-state index is 12.8. The standard InChI is InChI=1S/C22H19NO2/c1-22-12-5-4-9-16(22)13-18(20(24)14-22)21(25)23-19-11-6-8-15-7-2-3-10-17(15)19/h2-13,24H,14H2,1H3,(H,23,25). The van der Waals surface area contributed by atoms with Crippen molar-refractivity contribution in [3.63, 3.8) is 0 Å². The predicted octanol–water partition coefficient (Wildman–Crippen LogP) is 5.05. The van der Waals surface area contributed by atoms with Crippen LogP contribution in [0.4, 0.5) is 5.69 Å². The molecule has 2 aromatic rings. The Hall–Kier alpha value is -3.07. The van der Waals surface area contributed by atoms with Gasteiger partial charge in [0.25, 0.3) is 5.91 Å². The third kappa shape index (κ3) is 2.68. The summed E-state index contributed by atoms with van der Waals surface area (Å²) < 4.78 is 0. The molecule has 4 rings (SSSR count).